The molecule has 0 spiro atoms. The number of hydrogen-bond donors (Lipinski definition) is 2. The van der Waals surface area contributed by atoms with Crippen molar-refractivity contribution >= 4 is 5.91 Å². The normalized spacial score (nSPS) is 11.8. The Morgan fingerprint density at radius 2 is 1.50 bits per heavy atom. The van der Waals surface area contributed by atoms with E-state index < -0.39 is 0 Å². The number of carbonyl (C=O) groups excluding carboxylic acids is 1. The molecule has 2 N–H and O–H groups in total. The van der Waals surface area contributed by atoms with Gasteiger partial charge in [-0.05, 0) is 5.56 Å². The van der Waals surface area contributed by atoms with Gasteiger partial charge in [-0.25, -0.2) is 0 Å². The SMILES string of the molecule is C[NH+](CC(=O)NCc1ccccc1)Cc1ccccc1. The monoisotopic (exact) mass is 269 g/mol. The van der Waals surface area contributed by atoms with Crippen LogP contribution in [-0.2, 0) is 17.9 Å². The highest BCUT2D eigenvalue weighted by Gasteiger charge is 2.09. The molecule has 1 atom stereocenters. The Morgan fingerprint density at radius 1 is 0.950 bits per heavy atom. The van der Waals surface area contributed by atoms with Gasteiger partial charge in [0.25, 0.3) is 5.91 Å². The van der Waals surface area contributed by atoms with Gasteiger partial charge in [-0.15, -0.1) is 0 Å². The summed E-state index contributed by atoms with van der Waals surface area (Å²) in [5.74, 6) is 0.0854. The van der Waals surface area contributed by atoms with Crippen molar-refractivity contribution in [2.45, 2.75) is 13.1 Å². The molecule has 1 amide bonds. The molecular formula is C17H21N2O+. The summed E-state index contributed by atoms with van der Waals surface area (Å²) >= 11 is 0. The van der Waals surface area contributed by atoms with Crippen molar-refractivity contribution in [2.75, 3.05) is 13.6 Å². The number of hydrogen-bond acceptors (Lipinski definition) is 1. The van der Waals surface area contributed by atoms with Crippen molar-refractivity contribution in [1.29, 1.82) is 0 Å². The van der Waals surface area contributed by atoms with Crippen LogP contribution in [0.1, 0.15) is 11.1 Å². The minimum atomic E-state index is 0.0854. The van der Waals surface area contributed by atoms with Gasteiger partial charge in [-0.2, -0.15) is 0 Å². The molecule has 0 aliphatic heterocycles. The maximum absolute atomic E-state index is 11.9. The van der Waals surface area contributed by atoms with Crippen LogP contribution in [0.2, 0.25) is 0 Å². The van der Waals surface area contributed by atoms with E-state index in [-0.39, 0.29) is 5.91 Å². The van der Waals surface area contributed by atoms with Gasteiger partial charge in [-0.3, -0.25) is 4.79 Å². The Kier molecular flexibility index (Phi) is 5.33. The Labute approximate surface area is 120 Å². The highest BCUT2D eigenvalue weighted by atomic mass is 16.2. The zero-order valence-corrected chi connectivity index (χ0v) is 11.8. The third kappa shape index (κ3) is 4.86. The lowest BCUT2D eigenvalue weighted by atomic mass is 10.2. The summed E-state index contributed by atoms with van der Waals surface area (Å²) in [6.07, 6.45) is 0. The van der Waals surface area contributed by atoms with Crippen LogP contribution in [-0.4, -0.2) is 19.5 Å². The summed E-state index contributed by atoms with van der Waals surface area (Å²) in [5.41, 5.74) is 2.38. The summed E-state index contributed by atoms with van der Waals surface area (Å²) in [6, 6.07) is 20.2. The molecule has 0 aliphatic carbocycles. The van der Waals surface area contributed by atoms with Gasteiger partial charge >= 0.3 is 0 Å². The lowest BCUT2D eigenvalue weighted by molar-refractivity contribution is -0.885. The van der Waals surface area contributed by atoms with E-state index in [0.29, 0.717) is 13.1 Å². The van der Waals surface area contributed by atoms with E-state index in [1.54, 1.807) is 0 Å². The standard InChI is InChI=1S/C17H20N2O/c1-19(13-16-10-6-3-7-11-16)14-17(20)18-12-15-8-4-2-5-9-15/h2-11H,12-14H2,1H3,(H,18,20)/p+1. The fourth-order valence-electron chi connectivity index (χ4n) is 2.14. The lowest BCUT2D eigenvalue weighted by Gasteiger charge is -2.14. The van der Waals surface area contributed by atoms with Gasteiger partial charge in [-0.1, -0.05) is 60.7 Å². The van der Waals surface area contributed by atoms with Crippen LogP contribution in [0.3, 0.4) is 0 Å². The van der Waals surface area contributed by atoms with E-state index in [1.807, 2.05) is 55.6 Å². The molecule has 0 fully saturated rings. The average molecular weight is 269 g/mol. The van der Waals surface area contributed by atoms with E-state index >= 15 is 0 Å². The van der Waals surface area contributed by atoms with Crippen LogP contribution in [0, 0.1) is 0 Å². The summed E-state index contributed by atoms with van der Waals surface area (Å²) in [4.78, 5) is 13.1. The van der Waals surface area contributed by atoms with Crippen molar-refractivity contribution in [1.82, 2.24) is 5.32 Å². The number of carbonyl (C=O) groups is 1. The summed E-state index contributed by atoms with van der Waals surface area (Å²) in [6.45, 7) is 1.94. The van der Waals surface area contributed by atoms with Gasteiger partial charge in [0.15, 0.2) is 6.54 Å². The highest BCUT2D eigenvalue weighted by molar-refractivity contribution is 5.76. The molecule has 104 valence electrons. The number of benzene rings is 2. The molecule has 2 aromatic carbocycles. The van der Waals surface area contributed by atoms with E-state index in [1.165, 1.54) is 10.5 Å². The first-order valence-electron chi connectivity index (χ1n) is 6.90. The first-order chi connectivity index (χ1) is 9.74. The molecule has 0 saturated carbocycles. The smallest absolute Gasteiger partial charge is 0.275 e. The van der Waals surface area contributed by atoms with Crippen LogP contribution in [0.25, 0.3) is 0 Å². The van der Waals surface area contributed by atoms with Crippen LogP contribution in [0.15, 0.2) is 60.7 Å². The number of nitrogens with one attached hydrogen (secondary N) is 2. The van der Waals surface area contributed by atoms with Gasteiger partial charge in [0, 0.05) is 12.1 Å². The zero-order chi connectivity index (χ0) is 14.2. The van der Waals surface area contributed by atoms with Gasteiger partial charge in [0.05, 0.1) is 7.05 Å². The Bertz CT molecular complexity index is 525. The summed E-state index contributed by atoms with van der Waals surface area (Å²) in [7, 11) is 2.04. The zero-order valence-electron chi connectivity index (χ0n) is 11.8. The summed E-state index contributed by atoms with van der Waals surface area (Å²) in [5, 5.41) is 2.96. The fraction of sp³-hybridized carbons (Fsp3) is 0.235. The third-order valence-corrected chi connectivity index (χ3v) is 3.14. The van der Waals surface area contributed by atoms with Crippen LogP contribution >= 0.6 is 0 Å². The van der Waals surface area contributed by atoms with Gasteiger partial charge < -0.3 is 10.2 Å². The number of likely N-dealkylation sites (N-methyl/N-ethyl adjacent to an activating group) is 1. The quantitative estimate of drug-likeness (QED) is 0.806. The summed E-state index contributed by atoms with van der Waals surface area (Å²) < 4.78 is 0. The highest BCUT2D eigenvalue weighted by Crippen LogP contribution is 1.97. The molecule has 20 heavy (non-hydrogen) atoms. The molecule has 0 bridgehead atoms. The molecule has 2 aromatic rings. The number of rotatable bonds is 6. The van der Waals surface area contributed by atoms with Crippen molar-refractivity contribution in [3.8, 4) is 0 Å². The van der Waals surface area contributed by atoms with E-state index in [4.69, 9.17) is 0 Å². The molecular weight excluding hydrogens is 248 g/mol. The predicted octanol–water partition coefficient (Wildman–Crippen LogP) is 1.02. The van der Waals surface area contributed by atoms with Crippen molar-refractivity contribution < 1.29 is 9.69 Å². The maximum Gasteiger partial charge on any atom is 0.275 e. The Morgan fingerprint density at radius 3 is 2.10 bits per heavy atom. The Hall–Kier alpha value is -2.13. The second kappa shape index (κ2) is 7.46. The molecule has 0 saturated heterocycles. The van der Waals surface area contributed by atoms with Crippen LogP contribution in [0.4, 0.5) is 0 Å². The molecule has 0 heterocycles. The first kappa shape index (κ1) is 14.3. The molecule has 0 aromatic heterocycles. The molecule has 0 radical (unpaired) electrons. The second-order valence-electron chi connectivity index (χ2n) is 5.06. The number of quaternary nitrogens is 1. The molecule has 2 rings (SSSR count). The molecule has 3 nitrogen and oxygen atoms in total. The van der Waals surface area contributed by atoms with Crippen molar-refractivity contribution in [2.24, 2.45) is 0 Å². The predicted molar refractivity (Wildman–Crippen MR) is 80.2 cm³/mol. The average Bonchev–Trinajstić information content (AvgIpc) is 2.47. The van der Waals surface area contributed by atoms with Gasteiger partial charge in [0.2, 0.25) is 0 Å². The third-order valence-electron chi connectivity index (χ3n) is 3.14. The topological polar surface area (TPSA) is 33.5 Å². The molecule has 0 aliphatic rings. The lowest BCUT2D eigenvalue weighted by Crippen LogP contribution is -3.08. The minimum absolute atomic E-state index is 0.0854. The molecule has 1 unspecified atom stereocenters. The van der Waals surface area contributed by atoms with E-state index in [9.17, 15) is 4.79 Å². The Balaban J connectivity index is 1.74. The van der Waals surface area contributed by atoms with E-state index in [0.717, 1.165) is 12.1 Å². The molecule has 3 heteroatoms. The van der Waals surface area contributed by atoms with Crippen molar-refractivity contribution in [3.63, 3.8) is 0 Å². The second-order valence-corrected chi connectivity index (χ2v) is 5.06. The van der Waals surface area contributed by atoms with Gasteiger partial charge in [0.1, 0.15) is 6.54 Å². The minimum Gasteiger partial charge on any atom is -0.347 e. The largest absolute Gasteiger partial charge is 0.347 e. The van der Waals surface area contributed by atoms with Crippen molar-refractivity contribution in [3.05, 3.63) is 71.8 Å². The van der Waals surface area contributed by atoms with Crippen LogP contribution < -0.4 is 10.2 Å². The fourth-order valence-corrected chi connectivity index (χ4v) is 2.14. The van der Waals surface area contributed by atoms with E-state index in [2.05, 4.69) is 17.4 Å². The number of amides is 1. The maximum atomic E-state index is 11.9. The first-order valence-corrected chi connectivity index (χ1v) is 6.90. The van der Waals surface area contributed by atoms with Crippen LogP contribution in [0.5, 0.6) is 0 Å².